The highest BCUT2D eigenvalue weighted by molar-refractivity contribution is 6.44. The summed E-state index contributed by atoms with van der Waals surface area (Å²) in [6.45, 7) is 1.87. The summed E-state index contributed by atoms with van der Waals surface area (Å²) in [5.74, 6) is 0. The van der Waals surface area contributed by atoms with Gasteiger partial charge in [0.2, 0.25) is 0 Å². The van der Waals surface area contributed by atoms with Crippen molar-refractivity contribution in [2.24, 2.45) is 0 Å². The SMILES string of the molecule is CC=C(Cl)CC(Cl)CC(Cl)CC(Cl)Cl. The molecule has 2 atom stereocenters. The first-order valence-corrected chi connectivity index (χ1v) is 6.45. The molecule has 0 aromatic rings. The Morgan fingerprint density at radius 2 is 1.64 bits per heavy atom. The maximum absolute atomic E-state index is 6.04. The Morgan fingerprint density at radius 3 is 2.07 bits per heavy atom. The zero-order chi connectivity index (χ0) is 11.1. The third kappa shape index (κ3) is 8.49. The lowest BCUT2D eigenvalue weighted by Crippen LogP contribution is -2.11. The van der Waals surface area contributed by atoms with Crippen LogP contribution < -0.4 is 0 Å². The van der Waals surface area contributed by atoms with Gasteiger partial charge >= 0.3 is 0 Å². The van der Waals surface area contributed by atoms with Crippen molar-refractivity contribution in [2.75, 3.05) is 0 Å². The van der Waals surface area contributed by atoms with Crippen LogP contribution in [-0.4, -0.2) is 15.6 Å². The van der Waals surface area contributed by atoms with Gasteiger partial charge in [0.15, 0.2) is 0 Å². The fourth-order valence-corrected chi connectivity index (χ4v) is 2.72. The van der Waals surface area contributed by atoms with Gasteiger partial charge in [0.1, 0.15) is 4.84 Å². The highest BCUT2D eigenvalue weighted by Crippen LogP contribution is 2.24. The van der Waals surface area contributed by atoms with E-state index in [-0.39, 0.29) is 10.8 Å². The molecule has 0 amide bonds. The van der Waals surface area contributed by atoms with Gasteiger partial charge < -0.3 is 0 Å². The molecule has 14 heavy (non-hydrogen) atoms. The molecule has 0 radical (unpaired) electrons. The van der Waals surface area contributed by atoms with Crippen LogP contribution in [0.5, 0.6) is 0 Å². The Bertz CT molecular complexity index is 178. The highest BCUT2D eigenvalue weighted by Gasteiger charge is 2.15. The number of rotatable bonds is 6. The molecular weight excluding hydrogens is 285 g/mol. The minimum Gasteiger partial charge on any atom is -0.123 e. The lowest BCUT2D eigenvalue weighted by Gasteiger charge is -2.13. The van der Waals surface area contributed by atoms with Crippen molar-refractivity contribution in [1.29, 1.82) is 0 Å². The number of alkyl halides is 4. The summed E-state index contributed by atoms with van der Waals surface area (Å²) >= 11 is 29.0. The van der Waals surface area contributed by atoms with Crippen molar-refractivity contribution in [3.05, 3.63) is 11.1 Å². The molecule has 0 saturated carbocycles. The van der Waals surface area contributed by atoms with Crippen molar-refractivity contribution in [1.82, 2.24) is 0 Å². The molecule has 0 heterocycles. The van der Waals surface area contributed by atoms with E-state index in [0.29, 0.717) is 19.3 Å². The first kappa shape index (κ1) is 15.2. The van der Waals surface area contributed by atoms with Crippen molar-refractivity contribution in [3.63, 3.8) is 0 Å². The second-order valence-corrected chi connectivity index (χ2v) is 5.99. The van der Waals surface area contributed by atoms with Gasteiger partial charge in [-0.1, -0.05) is 17.7 Å². The topological polar surface area (TPSA) is 0 Å². The van der Waals surface area contributed by atoms with E-state index in [2.05, 4.69) is 0 Å². The zero-order valence-electron chi connectivity index (χ0n) is 7.82. The van der Waals surface area contributed by atoms with Gasteiger partial charge in [0.25, 0.3) is 0 Å². The van der Waals surface area contributed by atoms with Gasteiger partial charge in [-0.3, -0.25) is 0 Å². The molecule has 0 spiro atoms. The maximum atomic E-state index is 6.04. The van der Waals surface area contributed by atoms with Crippen LogP contribution in [0.3, 0.4) is 0 Å². The molecule has 0 aliphatic rings. The Morgan fingerprint density at radius 1 is 1.07 bits per heavy atom. The summed E-state index contributed by atoms with van der Waals surface area (Å²) in [5.41, 5.74) is 0. The second-order valence-electron chi connectivity index (χ2n) is 3.00. The molecule has 0 rings (SSSR count). The van der Waals surface area contributed by atoms with E-state index >= 15 is 0 Å². The highest BCUT2D eigenvalue weighted by atomic mass is 35.5. The van der Waals surface area contributed by atoms with Crippen LogP contribution in [0, 0.1) is 0 Å². The van der Waals surface area contributed by atoms with E-state index in [1.54, 1.807) is 0 Å². The minimum absolute atomic E-state index is 0.0618. The molecule has 0 N–H and O–H groups in total. The molecule has 84 valence electrons. The Hall–Kier alpha value is 1.19. The van der Waals surface area contributed by atoms with E-state index in [9.17, 15) is 0 Å². The van der Waals surface area contributed by atoms with Crippen LogP contribution >= 0.6 is 58.0 Å². The predicted molar refractivity (Wildman–Crippen MR) is 68.2 cm³/mol. The fourth-order valence-electron chi connectivity index (χ4n) is 0.980. The number of hydrogen-bond donors (Lipinski definition) is 0. The molecule has 0 aliphatic heterocycles. The van der Waals surface area contributed by atoms with E-state index < -0.39 is 4.84 Å². The number of hydrogen-bond acceptors (Lipinski definition) is 0. The standard InChI is InChI=1S/C9H13Cl5/c1-2-6(10)3-7(11)4-8(12)5-9(13)14/h2,7-9H,3-5H2,1H3. The molecular formula is C9H13Cl5. The molecule has 0 aromatic heterocycles. The monoisotopic (exact) mass is 296 g/mol. The van der Waals surface area contributed by atoms with E-state index in [1.807, 2.05) is 13.0 Å². The summed E-state index contributed by atoms with van der Waals surface area (Å²) in [4.78, 5) is -0.432. The smallest absolute Gasteiger partial charge is 0.109 e. The van der Waals surface area contributed by atoms with Crippen LogP contribution in [0.4, 0.5) is 0 Å². The Balaban J connectivity index is 3.76. The second kappa shape index (κ2) is 8.35. The van der Waals surface area contributed by atoms with Gasteiger partial charge in [-0.05, 0) is 26.2 Å². The summed E-state index contributed by atoms with van der Waals surface area (Å²) in [7, 11) is 0. The Kier molecular flexibility index (Phi) is 9.06. The summed E-state index contributed by atoms with van der Waals surface area (Å²) in [5, 5.41) is 0.592. The molecule has 0 saturated heterocycles. The van der Waals surface area contributed by atoms with E-state index in [0.717, 1.165) is 5.03 Å². The third-order valence-corrected chi connectivity index (χ3v) is 3.09. The maximum Gasteiger partial charge on any atom is 0.109 e. The van der Waals surface area contributed by atoms with E-state index in [4.69, 9.17) is 58.0 Å². The quantitative estimate of drug-likeness (QED) is 0.582. The molecule has 5 heteroatoms. The molecule has 0 nitrogen and oxygen atoms in total. The van der Waals surface area contributed by atoms with Crippen molar-refractivity contribution in [2.45, 2.75) is 41.8 Å². The lowest BCUT2D eigenvalue weighted by molar-refractivity contribution is 0.679. The minimum atomic E-state index is -0.432. The number of halogens is 5. The molecule has 2 unspecified atom stereocenters. The van der Waals surface area contributed by atoms with Gasteiger partial charge in [-0.15, -0.1) is 46.4 Å². The normalized spacial score (nSPS) is 17.2. The molecule has 0 fully saturated rings. The van der Waals surface area contributed by atoms with Crippen LogP contribution in [-0.2, 0) is 0 Å². The first-order chi connectivity index (χ1) is 6.45. The summed E-state index contributed by atoms with van der Waals surface area (Å²) < 4.78 is 0. The van der Waals surface area contributed by atoms with Crippen LogP contribution in [0.2, 0.25) is 0 Å². The van der Waals surface area contributed by atoms with Gasteiger partial charge in [-0.2, -0.15) is 0 Å². The first-order valence-electron chi connectivity index (χ1n) is 4.32. The van der Waals surface area contributed by atoms with Gasteiger partial charge in [0.05, 0.1) is 0 Å². The van der Waals surface area contributed by atoms with Crippen molar-refractivity contribution < 1.29 is 0 Å². The molecule has 0 aromatic carbocycles. The Labute approximate surface area is 110 Å². The van der Waals surface area contributed by atoms with Gasteiger partial charge in [-0.25, -0.2) is 0 Å². The van der Waals surface area contributed by atoms with Crippen LogP contribution in [0.25, 0.3) is 0 Å². The van der Waals surface area contributed by atoms with Crippen molar-refractivity contribution in [3.8, 4) is 0 Å². The zero-order valence-corrected chi connectivity index (χ0v) is 11.6. The lowest BCUT2D eigenvalue weighted by atomic mass is 10.1. The van der Waals surface area contributed by atoms with E-state index in [1.165, 1.54) is 0 Å². The molecule has 0 aliphatic carbocycles. The predicted octanol–water partition coefficient (Wildman–Crippen LogP) is 5.32. The fraction of sp³-hybridized carbons (Fsp3) is 0.778. The molecule has 0 bridgehead atoms. The summed E-state index contributed by atoms with van der Waals surface area (Å²) in [6, 6.07) is 0. The van der Waals surface area contributed by atoms with Gasteiger partial charge in [0, 0.05) is 15.8 Å². The average Bonchev–Trinajstić information content (AvgIpc) is 2.01. The van der Waals surface area contributed by atoms with Crippen LogP contribution in [0.1, 0.15) is 26.2 Å². The average molecular weight is 298 g/mol. The summed E-state index contributed by atoms with van der Waals surface area (Å²) in [6.07, 6.45) is 3.66. The largest absolute Gasteiger partial charge is 0.123 e. The number of allylic oxidation sites excluding steroid dienone is 2. The third-order valence-electron chi connectivity index (χ3n) is 1.68. The van der Waals surface area contributed by atoms with Crippen LogP contribution in [0.15, 0.2) is 11.1 Å². The van der Waals surface area contributed by atoms with Crippen molar-refractivity contribution >= 4 is 58.0 Å².